The van der Waals surface area contributed by atoms with Crippen molar-refractivity contribution in [2.75, 3.05) is 5.32 Å². The maximum absolute atomic E-state index is 10.9. The van der Waals surface area contributed by atoms with Crippen molar-refractivity contribution in [3.63, 3.8) is 0 Å². The van der Waals surface area contributed by atoms with Crippen LogP contribution >= 0.6 is 0 Å². The van der Waals surface area contributed by atoms with Crippen LogP contribution in [0.15, 0.2) is 30.6 Å². The van der Waals surface area contributed by atoms with E-state index in [-0.39, 0.29) is 5.56 Å². The first kappa shape index (κ1) is 9.71. The third kappa shape index (κ3) is 2.15. The number of nitrogens with one attached hydrogen (secondary N) is 1. The molecule has 1 aromatic rings. The summed E-state index contributed by atoms with van der Waals surface area (Å²) < 4.78 is 0. The summed E-state index contributed by atoms with van der Waals surface area (Å²) in [5.41, 5.74) is 0.871. The van der Waals surface area contributed by atoms with Crippen LogP contribution in [0, 0.1) is 0 Å². The van der Waals surface area contributed by atoms with Crippen molar-refractivity contribution in [1.29, 1.82) is 0 Å². The highest BCUT2D eigenvalue weighted by Crippen LogP contribution is 2.19. The standard InChI is InChI=1S/C11H12N2O2/c14-11(15)9-5-6-12-7-10(9)13-8-3-1-2-4-8/h1-2,5-8,13H,3-4H2,(H,14,15). The second-order valence-electron chi connectivity index (χ2n) is 3.51. The number of carboxylic acids is 1. The van der Waals surface area contributed by atoms with Gasteiger partial charge in [0, 0.05) is 12.2 Å². The highest BCUT2D eigenvalue weighted by atomic mass is 16.4. The maximum atomic E-state index is 10.9. The lowest BCUT2D eigenvalue weighted by Crippen LogP contribution is -2.17. The Kier molecular flexibility index (Phi) is 2.67. The molecule has 1 heterocycles. The summed E-state index contributed by atoms with van der Waals surface area (Å²) in [6, 6.07) is 1.81. The lowest BCUT2D eigenvalue weighted by Gasteiger charge is -2.14. The molecule has 1 aliphatic carbocycles. The largest absolute Gasteiger partial charge is 0.478 e. The van der Waals surface area contributed by atoms with Gasteiger partial charge in [-0.05, 0) is 18.9 Å². The van der Waals surface area contributed by atoms with Crippen LogP contribution in [0.1, 0.15) is 23.2 Å². The van der Waals surface area contributed by atoms with Crippen molar-refractivity contribution in [3.8, 4) is 0 Å². The van der Waals surface area contributed by atoms with Crippen molar-refractivity contribution in [1.82, 2.24) is 4.98 Å². The van der Waals surface area contributed by atoms with Gasteiger partial charge in [0.05, 0.1) is 17.4 Å². The number of anilines is 1. The third-order valence-corrected chi connectivity index (χ3v) is 2.42. The van der Waals surface area contributed by atoms with E-state index in [2.05, 4.69) is 22.5 Å². The van der Waals surface area contributed by atoms with Crippen LogP contribution < -0.4 is 5.32 Å². The first-order valence-corrected chi connectivity index (χ1v) is 4.86. The van der Waals surface area contributed by atoms with Crippen molar-refractivity contribution in [2.45, 2.75) is 18.9 Å². The maximum Gasteiger partial charge on any atom is 0.337 e. The fraction of sp³-hybridized carbons (Fsp3) is 0.273. The molecule has 78 valence electrons. The molecule has 0 aliphatic heterocycles. The van der Waals surface area contributed by atoms with Gasteiger partial charge in [-0.2, -0.15) is 0 Å². The Hall–Kier alpha value is -1.84. The van der Waals surface area contributed by atoms with E-state index >= 15 is 0 Å². The Morgan fingerprint density at radius 3 is 2.87 bits per heavy atom. The molecule has 15 heavy (non-hydrogen) atoms. The summed E-state index contributed by atoms with van der Waals surface area (Å²) in [6.45, 7) is 0. The van der Waals surface area contributed by atoms with Gasteiger partial charge in [-0.15, -0.1) is 0 Å². The molecule has 0 amide bonds. The minimum atomic E-state index is -0.925. The summed E-state index contributed by atoms with van der Waals surface area (Å²) in [4.78, 5) is 14.8. The molecule has 0 saturated heterocycles. The molecular weight excluding hydrogens is 192 g/mol. The molecule has 4 heteroatoms. The Bertz CT molecular complexity index is 393. The smallest absolute Gasteiger partial charge is 0.337 e. The molecule has 0 atom stereocenters. The van der Waals surface area contributed by atoms with Gasteiger partial charge in [-0.25, -0.2) is 4.79 Å². The van der Waals surface area contributed by atoms with Gasteiger partial charge in [0.2, 0.25) is 0 Å². The summed E-state index contributed by atoms with van der Waals surface area (Å²) >= 11 is 0. The van der Waals surface area contributed by atoms with E-state index in [1.165, 1.54) is 12.3 Å². The topological polar surface area (TPSA) is 62.2 Å². The highest BCUT2D eigenvalue weighted by Gasteiger charge is 2.14. The van der Waals surface area contributed by atoms with E-state index < -0.39 is 5.97 Å². The Balaban J connectivity index is 2.16. The van der Waals surface area contributed by atoms with Gasteiger partial charge in [0.15, 0.2) is 0 Å². The normalized spacial score (nSPS) is 15.5. The minimum absolute atomic E-state index is 0.275. The molecule has 4 nitrogen and oxygen atoms in total. The zero-order valence-electron chi connectivity index (χ0n) is 8.18. The van der Waals surface area contributed by atoms with Crippen LogP contribution in [-0.2, 0) is 0 Å². The van der Waals surface area contributed by atoms with Crippen molar-refractivity contribution < 1.29 is 9.90 Å². The first-order valence-electron chi connectivity index (χ1n) is 4.86. The number of nitrogens with zero attached hydrogens (tertiary/aromatic N) is 1. The van der Waals surface area contributed by atoms with E-state index in [9.17, 15) is 4.79 Å². The lowest BCUT2D eigenvalue weighted by molar-refractivity contribution is 0.0698. The van der Waals surface area contributed by atoms with Crippen molar-refractivity contribution in [2.24, 2.45) is 0 Å². The summed E-state index contributed by atoms with van der Waals surface area (Å²) in [6.07, 6.45) is 9.11. The van der Waals surface area contributed by atoms with Crippen molar-refractivity contribution >= 4 is 11.7 Å². The van der Waals surface area contributed by atoms with Gasteiger partial charge in [-0.3, -0.25) is 4.98 Å². The molecule has 1 aromatic heterocycles. The van der Waals surface area contributed by atoms with Crippen LogP contribution in [0.5, 0.6) is 0 Å². The number of rotatable bonds is 3. The summed E-state index contributed by atoms with van der Waals surface area (Å²) in [7, 11) is 0. The number of aromatic nitrogens is 1. The second-order valence-corrected chi connectivity index (χ2v) is 3.51. The molecular formula is C11H12N2O2. The molecule has 0 saturated carbocycles. The number of carboxylic acid groups (broad SMARTS) is 1. The monoisotopic (exact) mass is 204 g/mol. The average molecular weight is 204 g/mol. The molecule has 2 N–H and O–H groups in total. The fourth-order valence-electron chi connectivity index (χ4n) is 1.65. The van der Waals surface area contributed by atoms with Crippen LogP contribution in [-0.4, -0.2) is 22.1 Å². The third-order valence-electron chi connectivity index (χ3n) is 2.42. The van der Waals surface area contributed by atoms with Crippen LogP contribution in [0.2, 0.25) is 0 Å². The molecule has 0 spiro atoms. The van der Waals surface area contributed by atoms with Crippen LogP contribution in [0.4, 0.5) is 5.69 Å². The summed E-state index contributed by atoms with van der Waals surface area (Å²) in [5.74, 6) is -0.925. The molecule has 2 rings (SSSR count). The van der Waals surface area contributed by atoms with E-state index in [0.29, 0.717) is 11.7 Å². The molecule has 0 unspecified atom stereocenters. The van der Waals surface area contributed by atoms with Crippen LogP contribution in [0.3, 0.4) is 0 Å². The molecule has 1 aliphatic rings. The van der Waals surface area contributed by atoms with Gasteiger partial charge in [0.1, 0.15) is 0 Å². The van der Waals surface area contributed by atoms with Gasteiger partial charge in [-0.1, -0.05) is 12.2 Å². The number of aromatic carboxylic acids is 1. The molecule has 0 aromatic carbocycles. The molecule has 0 fully saturated rings. The number of carbonyl (C=O) groups is 1. The SMILES string of the molecule is O=C(O)c1ccncc1NC1CC=CC1. The predicted molar refractivity (Wildman–Crippen MR) is 57.0 cm³/mol. The number of pyridine rings is 1. The molecule has 0 radical (unpaired) electrons. The van der Waals surface area contributed by atoms with Gasteiger partial charge in [0.25, 0.3) is 0 Å². The Labute approximate surface area is 87.7 Å². The lowest BCUT2D eigenvalue weighted by atomic mass is 10.2. The van der Waals surface area contributed by atoms with E-state index in [0.717, 1.165) is 12.8 Å². The number of hydrogen-bond acceptors (Lipinski definition) is 3. The van der Waals surface area contributed by atoms with Gasteiger partial charge >= 0.3 is 5.97 Å². The second kappa shape index (κ2) is 4.13. The first-order chi connectivity index (χ1) is 7.27. The Morgan fingerprint density at radius 2 is 2.20 bits per heavy atom. The van der Waals surface area contributed by atoms with Crippen LogP contribution in [0.25, 0.3) is 0 Å². The highest BCUT2D eigenvalue weighted by molar-refractivity contribution is 5.93. The predicted octanol–water partition coefficient (Wildman–Crippen LogP) is 1.91. The van der Waals surface area contributed by atoms with E-state index in [1.807, 2.05) is 0 Å². The van der Waals surface area contributed by atoms with Gasteiger partial charge < -0.3 is 10.4 Å². The quantitative estimate of drug-likeness (QED) is 0.738. The number of hydrogen-bond donors (Lipinski definition) is 2. The minimum Gasteiger partial charge on any atom is -0.478 e. The fourth-order valence-corrected chi connectivity index (χ4v) is 1.65. The average Bonchev–Trinajstić information content (AvgIpc) is 2.71. The van der Waals surface area contributed by atoms with E-state index in [4.69, 9.17) is 5.11 Å². The zero-order valence-corrected chi connectivity index (χ0v) is 8.18. The van der Waals surface area contributed by atoms with Crippen molar-refractivity contribution in [3.05, 3.63) is 36.2 Å². The van der Waals surface area contributed by atoms with E-state index in [1.54, 1.807) is 6.20 Å². The zero-order chi connectivity index (χ0) is 10.7. The summed E-state index contributed by atoms with van der Waals surface area (Å²) in [5, 5.41) is 12.1. The Morgan fingerprint density at radius 1 is 1.47 bits per heavy atom. The molecule has 0 bridgehead atoms.